The van der Waals surface area contributed by atoms with Gasteiger partial charge in [-0.3, -0.25) is 0 Å². The zero-order chi connectivity index (χ0) is 19.2. The molecule has 132 valence electrons. The number of nitriles is 3. The van der Waals surface area contributed by atoms with Gasteiger partial charge in [-0.25, -0.2) is 0 Å². The number of benzene rings is 2. The van der Waals surface area contributed by atoms with Crippen LogP contribution in [-0.2, 0) is 6.54 Å². The van der Waals surface area contributed by atoms with Gasteiger partial charge >= 0.3 is 0 Å². The fraction of sp³-hybridized carbons (Fsp3) is 0.261. The summed E-state index contributed by atoms with van der Waals surface area (Å²) in [6, 6.07) is 19.6. The molecule has 3 aromatic rings. The van der Waals surface area contributed by atoms with Gasteiger partial charge in [0.25, 0.3) is 0 Å². The van der Waals surface area contributed by atoms with Crippen molar-refractivity contribution in [2.24, 2.45) is 0 Å². The second-order valence-corrected chi connectivity index (χ2v) is 6.55. The summed E-state index contributed by atoms with van der Waals surface area (Å²) in [5.41, 5.74) is 2.87. The maximum atomic E-state index is 9.45. The van der Waals surface area contributed by atoms with Crippen LogP contribution in [0.4, 0.5) is 0 Å². The van der Waals surface area contributed by atoms with E-state index in [0.29, 0.717) is 5.56 Å². The molecule has 0 bridgehead atoms. The minimum absolute atomic E-state index is 0.127. The van der Waals surface area contributed by atoms with Gasteiger partial charge < -0.3 is 4.57 Å². The van der Waals surface area contributed by atoms with E-state index in [0.717, 1.165) is 29.3 Å². The number of allylic oxidation sites excluding steroid dienone is 2. The van der Waals surface area contributed by atoms with Crippen molar-refractivity contribution in [1.82, 2.24) is 4.57 Å². The highest BCUT2D eigenvalue weighted by Gasteiger charge is 2.14. The molecule has 0 aliphatic carbocycles. The summed E-state index contributed by atoms with van der Waals surface area (Å²) in [5, 5.41) is 29.9. The molecule has 2 aromatic carbocycles. The molecule has 3 rings (SSSR count). The van der Waals surface area contributed by atoms with Crippen LogP contribution in [0.5, 0.6) is 0 Å². The Hall–Kier alpha value is -3.55. The molecule has 0 aliphatic rings. The zero-order valence-corrected chi connectivity index (χ0v) is 15.4. The summed E-state index contributed by atoms with van der Waals surface area (Å²) in [7, 11) is 0. The molecule has 0 amide bonds. The van der Waals surface area contributed by atoms with Crippen molar-refractivity contribution in [1.29, 1.82) is 15.8 Å². The van der Waals surface area contributed by atoms with Crippen LogP contribution in [-0.4, -0.2) is 4.57 Å². The number of nitrogens with zero attached hydrogens (tertiary/aromatic N) is 4. The molecular formula is C23H20N4. The Morgan fingerprint density at radius 2 is 1.59 bits per heavy atom. The molecule has 4 heteroatoms. The van der Waals surface area contributed by atoms with E-state index in [4.69, 9.17) is 10.5 Å². The first-order chi connectivity index (χ1) is 13.2. The highest BCUT2D eigenvalue weighted by molar-refractivity contribution is 6.09. The van der Waals surface area contributed by atoms with E-state index in [1.54, 1.807) is 0 Å². The summed E-state index contributed by atoms with van der Waals surface area (Å²) < 4.78 is 2.33. The van der Waals surface area contributed by atoms with Crippen LogP contribution in [0.1, 0.15) is 38.2 Å². The minimum Gasteiger partial charge on any atom is -0.340 e. The van der Waals surface area contributed by atoms with Gasteiger partial charge in [0.15, 0.2) is 0 Å². The first-order valence-corrected chi connectivity index (χ1v) is 9.21. The van der Waals surface area contributed by atoms with Crippen molar-refractivity contribution in [2.45, 2.75) is 39.2 Å². The topological polar surface area (TPSA) is 76.3 Å². The van der Waals surface area contributed by atoms with Gasteiger partial charge in [0.2, 0.25) is 0 Å². The van der Waals surface area contributed by atoms with E-state index < -0.39 is 0 Å². The molecule has 0 saturated carbocycles. The van der Waals surface area contributed by atoms with Crippen molar-refractivity contribution in [2.75, 3.05) is 0 Å². The number of hydrogen-bond acceptors (Lipinski definition) is 3. The van der Waals surface area contributed by atoms with Gasteiger partial charge in [0, 0.05) is 28.4 Å². The van der Waals surface area contributed by atoms with Gasteiger partial charge in [0.1, 0.15) is 23.8 Å². The molecular weight excluding hydrogens is 332 g/mol. The molecule has 0 atom stereocenters. The van der Waals surface area contributed by atoms with Gasteiger partial charge in [-0.15, -0.1) is 0 Å². The van der Waals surface area contributed by atoms with E-state index in [1.807, 2.05) is 48.5 Å². The number of aryl methyl sites for hydroxylation is 1. The second-order valence-electron chi connectivity index (χ2n) is 6.55. The summed E-state index contributed by atoms with van der Waals surface area (Å²) in [4.78, 5) is 0. The van der Waals surface area contributed by atoms with E-state index in [1.165, 1.54) is 24.8 Å². The van der Waals surface area contributed by atoms with E-state index in [2.05, 4.69) is 23.6 Å². The monoisotopic (exact) mass is 352 g/mol. The number of hydrogen-bond donors (Lipinski definition) is 0. The highest BCUT2D eigenvalue weighted by atomic mass is 15.0. The average Bonchev–Trinajstić information content (AvgIpc) is 3.02. The van der Waals surface area contributed by atoms with Crippen LogP contribution >= 0.6 is 0 Å². The minimum atomic E-state index is -0.153. The predicted molar refractivity (Wildman–Crippen MR) is 107 cm³/mol. The molecule has 0 unspecified atom stereocenters. The number of unbranched alkanes of at least 4 members (excludes halogenated alkanes) is 3. The Morgan fingerprint density at radius 3 is 2.30 bits per heavy atom. The lowest BCUT2D eigenvalue weighted by Gasteiger charge is -2.07. The Balaban J connectivity index is 2.17. The van der Waals surface area contributed by atoms with Gasteiger partial charge in [-0.2, -0.15) is 15.8 Å². The van der Waals surface area contributed by atoms with Crippen LogP contribution in [0.3, 0.4) is 0 Å². The van der Waals surface area contributed by atoms with Crippen LogP contribution in [0.15, 0.2) is 48.0 Å². The molecule has 4 nitrogen and oxygen atoms in total. The lowest BCUT2D eigenvalue weighted by molar-refractivity contribution is 0.602. The smallest absolute Gasteiger partial charge is 0.148 e. The Labute approximate surface area is 159 Å². The van der Waals surface area contributed by atoms with Crippen molar-refractivity contribution in [3.8, 4) is 18.2 Å². The third-order valence-electron chi connectivity index (χ3n) is 4.88. The quantitative estimate of drug-likeness (QED) is 0.422. The standard InChI is InChI=1S/C23H20N4/c1-2-3-4-7-12-27-22-9-6-5-8-19(22)20-13-17(10-11-23(20)27)21(16-26)18(14-24)15-25/h5-6,8-11,13H,2-4,7,12H2,1H3. The number of aromatic nitrogens is 1. The molecule has 0 radical (unpaired) electrons. The third-order valence-corrected chi connectivity index (χ3v) is 4.88. The number of rotatable bonds is 6. The summed E-state index contributed by atoms with van der Waals surface area (Å²) >= 11 is 0. The SMILES string of the molecule is CCCCCCn1c2ccccc2c2cc(C(C#N)=C(C#N)C#N)ccc21. The predicted octanol–water partition coefficient (Wildman–Crippen LogP) is 5.70. The lowest BCUT2D eigenvalue weighted by atomic mass is 10.00. The molecule has 1 aromatic heterocycles. The van der Waals surface area contributed by atoms with Crippen molar-refractivity contribution >= 4 is 27.4 Å². The Kier molecular flexibility index (Phi) is 5.55. The van der Waals surface area contributed by atoms with Crippen molar-refractivity contribution in [3.63, 3.8) is 0 Å². The maximum absolute atomic E-state index is 9.45. The Bertz CT molecular complexity index is 1130. The zero-order valence-electron chi connectivity index (χ0n) is 15.4. The number of fused-ring (bicyclic) bond motifs is 3. The fourth-order valence-electron chi connectivity index (χ4n) is 3.55. The summed E-state index contributed by atoms with van der Waals surface area (Å²) in [5.74, 6) is 0. The molecule has 0 spiro atoms. The largest absolute Gasteiger partial charge is 0.340 e. The van der Waals surface area contributed by atoms with E-state index >= 15 is 0 Å². The van der Waals surface area contributed by atoms with E-state index in [9.17, 15) is 5.26 Å². The molecule has 27 heavy (non-hydrogen) atoms. The van der Waals surface area contributed by atoms with Crippen LogP contribution in [0.25, 0.3) is 27.4 Å². The average molecular weight is 352 g/mol. The highest BCUT2D eigenvalue weighted by Crippen LogP contribution is 2.32. The molecule has 0 fully saturated rings. The third kappa shape index (κ3) is 3.41. The van der Waals surface area contributed by atoms with E-state index in [-0.39, 0.29) is 11.1 Å². The summed E-state index contributed by atoms with van der Waals surface area (Å²) in [6.45, 7) is 3.16. The van der Waals surface area contributed by atoms with Gasteiger partial charge in [-0.05, 0) is 30.2 Å². The Morgan fingerprint density at radius 1 is 0.852 bits per heavy atom. The van der Waals surface area contributed by atoms with Crippen LogP contribution in [0.2, 0.25) is 0 Å². The lowest BCUT2D eigenvalue weighted by Crippen LogP contribution is -1.97. The molecule has 1 heterocycles. The van der Waals surface area contributed by atoms with Crippen molar-refractivity contribution in [3.05, 3.63) is 53.6 Å². The first-order valence-electron chi connectivity index (χ1n) is 9.21. The second kappa shape index (κ2) is 8.22. The molecule has 0 aliphatic heterocycles. The molecule has 0 saturated heterocycles. The number of para-hydroxylation sites is 1. The van der Waals surface area contributed by atoms with Gasteiger partial charge in [-0.1, -0.05) is 50.5 Å². The fourth-order valence-corrected chi connectivity index (χ4v) is 3.55. The maximum Gasteiger partial charge on any atom is 0.148 e. The van der Waals surface area contributed by atoms with Crippen LogP contribution < -0.4 is 0 Å². The first kappa shape index (κ1) is 18.2. The normalized spacial score (nSPS) is 10.3. The van der Waals surface area contributed by atoms with Gasteiger partial charge in [0.05, 0.1) is 5.57 Å². The van der Waals surface area contributed by atoms with Crippen molar-refractivity contribution < 1.29 is 0 Å². The van der Waals surface area contributed by atoms with Crippen LogP contribution in [0, 0.1) is 34.0 Å². The summed E-state index contributed by atoms with van der Waals surface area (Å²) in [6.07, 6.45) is 4.78. The molecule has 0 N–H and O–H groups in total.